The molecule has 0 aliphatic rings. The molecule has 0 radical (unpaired) electrons. The summed E-state index contributed by atoms with van der Waals surface area (Å²) in [6.07, 6.45) is 1.84. The highest BCUT2D eigenvalue weighted by atomic mass is 127. The normalized spacial score (nSPS) is 12.7. The molecule has 0 saturated heterocycles. The van der Waals surface area contributed by atoms with E-state index in [-0.39, 0.29) is 24.0 Å². The zero-order valence-corrected chi connectivity index (χ0v) is 13.9. The summed E-state index contributed by atoms with van der Waals surface area (Å²) in [5, 5.41) is 3.91. The fourth-order valence-corrected chi connectivity index (χ4v) is 1.63. The molecule has 0 heterocycles. The summed E-state index contributed by atoms with van der Waals surface area (Å²) in [6.45, 7) is 4.84. The first kappa shape index (κ1) is 17.5. The van der Waals surface area contributed by atoms with Gasteiger partial charge in [0.05, 0.1) is 0 Å². The smallest absolute Gasteiger partial charge is 0.188 e. The number of hydrogen-bond acceptors (Lipinski definition) is 1. The van der Waals surface area contributed by atoms with E-state index in [9.17, 15) is 0 Å². The van der Waals surface area contributed by atoms with E-state index in [1.165, 1.54) is 0 Å². The topological polar surface area (TPSA) is 50.4 Å². The molecular weight excluding hydrogens is 361 g/mol. The summed E-state index contributed by atoms with van der Waals surface area (Å²) >= 11 is 6.05. The molecule has 1 unspecified atom stereocenters. The lowest BCUT2D eigenvalue weighted by atomic mass is 10.1. The molecule has 0 aliphatic heterocycles. The minimum Gasteiger partial charge on any atom is -0.370 e. The average molecular weight is 382 g/mol. The minimum absolute atomic E-state index is 0. The molecule has 0 amide bonds. The number of rotatable bonds is 5. The van der Waals surface area contributed by atoms with E-state index in [0.29, 0.717) is 18.5 Å². The summed E-state index contributed by atoms with van der Waals surface area (Å²) in [7, 11) is 0. The third-order valence-electron chi connectivity index (χ3n) is 2.63. The maximum atomic E-state index is 6.05. The highest BCUT2D eigenvalue weighted by molar-refractivity contribution is 14.0. The van der Waals surface area contributed by atoms with Crippen LogP contribution >= 0.6 is 35.6 Å². The van der Waals surface area contributed by atoms with Gasteiger partial charge in [0, 0.05) is 17.6 Å². The fraction of sp³-hybridized carbons (Fsp3) is 0.462. The van der Waals surface area contributed by atoms with Crippen LogP contribution in [0.5, 0.6) is 0 Å². The van der Waals surface area contributed by atoms with Crippen LogP contribution < -0.4 is 11.1 Å². The van der Waals surface area contributed by atoms with Crippen LogP contribution in [0.4, 0.5) is 0 Å². The van der Waals surface area contributed by atoms with Crippen molar-refractivity contribution in [3.05, 3.63) is 34.9 Å². The quantitative estimate of drug-likeness (QED) is 0.467. The van der Waals surface area contributed by atoms with E-state index in [1.54, 1.807) is 0 Å². The van der Waals surface area contributed by atoms with Crippen LogP contribution in [0.2, 0.25) is 5.02 Å². The molecule has 3 nitrogen and oxygen atoms in total. The molecule has 1 aromatic rings. The molecule has 1 aromatic carbocycles. The van der Waals surface area contributed by atoms with Gasteiger partial charge in [-0.15, -0.1) is 24.0 Å². The second-order valence-electron chi connectivity index (χ2n) is 4.06. The van der Waals surface area contributed by atoms with Gasteiger partial charge in [-0.05, 0) is 31.4 Å². The lowest BCUT2D eigenvalue weighted by molar-refractivity contribution is 0.636. The standard InChI is InChI=1S/C13H20ClN3.HI/c1-3-10(2)17-13(15)16-9-8-11-6-4-5-7-12(11)14;/h4-7,10H,3,8-9H2,1-2H3,(H3,15,16,17);1H. The molecule has 18 heavy (non-hydrogen) atoms. The summed E-state index contributed by atoms with van der Waals surface area (Å²) in [5.41, 5.74) is 6.86. The van der Waals surface area contributed by atoms with Crippen LogP contribution in [0.1, 0.15) is 25.8 Å². The molecule has 0 aliphatic carbocycles. The number of nitrogens with one attached hydrogen (secondary N) is 1. The third kappa shape index (κ3) is 6.44. The Balaban J connectivity index is 0.00000289. The maximum Gasteiger partial charge on any atom is 0.188 e. The molecule has 1 rings (SSSR count). The van der Waals surface area contributed by atoms with Crippen molar-refractivity contribution < 1.29 is 0 Å². The van der Waals surface area contributed by atoms with Crippen molar-refractivity contribution in [3.8, 4) is 0 Å². The van der Waals surface area contributed by atoms with Crippen LogP contribution in [-0.2, 0) is 6.42 Å². The SMILES string of the molecule is CCC(C)NC(N)=NCCc1ccccc1Cl.I. The molecule has 102 valence electrons. The highest BCUT2D eigenvalue weighted by Gasteiger charge is 2.00. The van der Waals surface area contributed by atoms with Crippen molar-refractivity contribution in [2.45, 2.75) is 32.7 Å². The highest BCUT2D eigenvalue weighted by Crippen LogP contribution is 2.15. The summed E-state index contributed by atoms with van der Waals surface area (Å²) in [5.74, 6) is 0.506. The van der Waals surface area contributed by atoms with E-state index < -0.39 is 0 Å². The van der Waals surface area contributed by atoms with Crippen molar-refractivity contribution in [1.29, 1.82) is 0 Å². The number of nitrogens with zero attached hydrogens (tertiary/aromatic N) is 1. The first-order valence-electron chi connectivity index (χ1n) is 5.93. The lowest BCUT2D eigenvalue weighted by Crippen LogP contribution is -2.38. The van der Waals surface area contributed by atoms with Crippen molar-refractivity contribution in [2.24, 2.45) is 10.7 Å². The molecule has 3 N–H and O–H groups in total. The average Bonchev–Trinajstić information content (AvgIpc) is 2.31. The molecule has 0 bridgehead atoms. The number of guanidine groups is 1. The lowest BCUT2D eigenvalue weighted by Gasteiger charge is -2.11. The van der Waals surface area contributed by atoms with Crippen molar-refractivity contribution in [3.63, 3.8) is 0 Å². The Labute approximate surface area is 131 Å². The number of benzene rings is 1. The first-order chi connectivity index (χ1) is 8.13. The van der Waals surface area contributed by atoms with Crippen molar-refractivity contribution >= 4 is 41.5 Å². The zero-order chi connectivity index (χ0) is 12.7. The number of nitrogens with two attached hydrogens (primary N) is 1. The minimum atomic E-state index is 0. The monoisotopic (exact) mass is 381 g/mol. The Morgan fingerprint density at radius 3 is 2.72 bits per heavy atom. The van der Waals surface area contributed by atoms with Gasteiger partial charge in [-0.2, -0.15) is 0 Å². The van der Waals surface area contributed by atoms with Gasteiger partial charge in [-0.25, -0.2) is 0 Å². The molecule has 0 saturated carbocycles. The zero-order valence-electron chi connectivity index (χ0n) is 10.8. The van der Waals surface area contributed by atoms with Crippen LogP contribution in [0.3, 0.4) is 0 Å². The summed E-state index contributed by atoms with van der Waals surface area (Å²) in [4.78, 5) is 4.27. The Morgan fingerprint density at radius 1 is 1.44 bits per heavy atom. The van der Waals surface area contributed by atoms with Gasteiger partial charge in [0.25, 0.3) is 0 Å². The number of halogens is 2. The van der Waals surface area contributed by atoms with Gasteiger partial charge in [0.2, 0.25) is 0 Å². The van der Waals surface area contributed by atoms with Gasteiger partial charge >= 0.3 is 0 Å². The Bertz CT molecular complexity index is 382. The van der Waals surface area contributed by atoms with Gasteiger partial charge in [-0.1, -0.05) is 36.7 Å². The summed E-state index contributed by atoms with van der Waals surface area (Å²) < 4.78 is 0. The molecule has 1 atom stereocenters. The molecule has 0 fully saturated rings. The Kier molecular flexibility index (Phi) is 9.18. The molecule has 0 aromatic heterocycles. The van der Waals surface area contributed by atoms with E-state index >= 15 is 0 Å². The van der Waals surface area contributed by atoms with Crippen molar-refractivity contribution in [1.82, 2.24) is 5.32 Å². The van der Waals surface area contributed by atoms with Gasteiger partial charge < -0.3 is 11.1 Å². The predicted molar refractivity (Wildman–Crippen MR) is 89.9 cm³/mol. The molecular formula is C13H21ClIN3. The second kappa shape index (κ2) is 9.44. The Morgan fingerprint density at radius 2 is 2.11 bits per heavy atom. The van der Waals surface area contributed by atoms with E-state index in [1.807, 2.05) is 24.3 Å². The van der Waals surface area contributed by atoms with Crippen LogP contribution in [0, 0.1) is 0 Å². The van der Waals surface area contributed by atoms with Crippen LogP contribution in [-0.4, -0.2) is 18.5 Å². The summed E-state index contributed by atoms with van der Waals surface area (Å²) in [6, 6.07) is 8.16. The molecule has 5 heteroatoms. The number of hydrogen-bond donors (Lipinski definition) is 2. The largest absolute Gasteiger partial charge is 0.370 e. The van der Waals surface area contributed by atoms with Gasteiger partial charge in [0.15, 0.2) is 5.96 Å². The maximum absolute atomic E-state index is 6.05. The third-order valence-corrected chi connectivity index (χ3v) is 3.00. The Hall–Kier alpha value is -0.490. The van der Waals surface area contributed by atoms with Crippen molar-refractivity contribution in [2.75, 3.05) is 6.54 Å². The number of aliphatic imine (C=N–C) groups is 1. The van der Waals surface area contributed by atoms with Crippen LogP contribution in [0.15, 0.2) is 29.3 Å². The van der Waals surface area contributed by atoms with E-state index in [2.05, 4.69) is 24.2 Å². The predicted octanol–water partition coefficient (Wildman–Crippen LogP) is 3.20. The van der Waals surface area contributed by atoms with Gasteiger partial charge in [-0.3, -0.25) is 4.99 Å². The molecule has 0 spiro atoms. The fourth-order valence-electron chi connectivity index (χ4n) is 1.40. The van der Waals surface area contributed by atoms with Gasteiger partial charge in [0.1, 0.15) is 0 Å². The van der Waals surface area contributed by atoms with Crippen LogP contribution in [0.25, 0.3) is 0 Å². The van der Waals surface area contributed by atoms with E-state index in [4.69, 9.17) is 17.3 Å². The first-order valence-corrected chi connectivity index (χ1v) is 6.31. The second-order valence-corrected chi connectivity index (χ2v) is 4.47. The van der Waals surface area contributed by atoms with E-state index in [0.717, 1.165) is 23.4 Å².